The summed E-state index contributed by atoms with van der Waals surface area (Å²) in [6.45, 7) is 7.96. The highest BCUT2D eigenvalue weighted by molar-refractivity contribution is 8.01. The molecule has 0 radical (unpaired) electrons. The molecule has 5 heteroatoms. The van der Waals surface area contributed by atoms with Crippen LogP contribution in [0.15, 0.2) is 9.85 Å². The molecule has 0 amide bonds. The molecule has 1 heterocycles. The van der Waals surface area contributed by atoms with Gasteiger partial charge in [-0.25, -0.2) is 0 Å². The van der Waals surface area contributed by atoms with E-state index in [0.29, 0.717) is 11.3 Å². The second-order valence-corrected chi connectivity index (χ2v) is 7.66. The third kappa shape index (κ3) is 3.68. The third-order valence-electron chi connectivity index (χ3n) is 3.83. The monoisotopic (exact) mass is 285 g/mol. The van der Waals surface area contributed by atoms with E-state index >= 15 is 0 Å². The van der Waals surface area contributed by atoms with Gasteiger partial charge in [0.1, 0.15) is 5.51 Å². The molecule has 1 fully saturated rings. The smallest absolute Gasteiger partial charge is 0.174 e. The van der Waals surface area contributed by atoms with Crippen LogP contribution in [0, 0.1) is 11.8 Å². The zero-order valence-electron chi connectivity index (χ0n) is 11.4. The molecule has 1 saturated carbocycles. The van der Waals surface area contributed by atoms with Gasteiger partial charge in [0.05, 0.1) is 0 Å². The first-order chi connectivity index (χ1) is 8.70. The summed E-state index contributed by atoms with van der Waals surface area (Å²) in [5, 5.41) is 12.4. The minimum Gasteiger partial charge on any atom is -0.313 e. The van der Waals surface area contributed by atoms with Crippen molar-refractivity contribution in [2.45, 2.75) is 55.7 Å². The summed E-state index contributed by atoms with van der Waals surface area (Å²) in [5.41, 5.74) is 1.83. The number of nitrogens with zero attached hydrogens (tertiary/aromatic N) is 2. The van der Waals surface area contributed by atoms with E-state index in [1.807, 2.05) is 17.3 Å². The van der Waals surface area contributed by atoms with E-state index in [0.717, 1.165) is 22.7 Å². The molecule has 0 bridgehead atoms. The molecule has 1 N–H and O–H groups in total. The van der Waals surface area contributed by atoms with Crippen LogP contribution in [0.3, 0.4) is 0 Å². The Kier molecular flexibility index (Phi) is 5.45. The Balaban J connectivity index is 2.00. The van der Waals surface area contributed by atoms with E-state index in [2.05, 4.69) is 36.3 Å². The average Bonchev–Trinajstić information content (AvgIpc) is 2.84. The first kappa shape index (κ1) is 14.3. The van der Waals surface area contributed by atoms with Gasteiger partial charge < -0.3 is 5.32 Å². The summed E-state index contributed by atoms with van der Waals surface area (Å²) in [6, 6.07) is 0.638. The number of hydrogen-bond acceptors (Lipinski definition) is 5. The Labute approximate surface area is 118 Å². The molecular formula is C13H23N3S2. The highest BCUT2D eigenvalue weighted by Gasteiger charge is 2.32. The summed E-state index contributed by atoms with van der Waals surface area (Å²) < 4.78 is 1.12. The predicted octanol–water partition coefficient (Wildman–Crippen LogP) is 3.43. The highest BCUT2D eigenvalue weighted by atomic mass is 32.2. The minimum absolute atomic E-state index is 0.638. The van der Waals surface area contributed by atoms with Crippen molar-refractivity contribution in [3.63, 3.8) is 0 Å². The van der Waals surface area contributed by atoms with Crippen molar-refractivity contribution in [3.05, 3.63) is 5.51 Å². The maximum absolute atomic E-state index is 4.18. The van der Waals surface area contributed by atoms with Crippen LogP contribution in [0.2, 0.25) is 0 Å². The van der Waals surface area contributed by atoms with E-state index in [-0.39, 0.29) is 0 Å². The van der Waals surface area contributed by atoms with Gasteiger partial charge in [-0.15, -0.1) is 10.2 Å². The molecule has 1 aromatic rings. The molecular weight excluding hydrogens is 262 g/mol. The van der Waals surface area contributed by atoms with Crippen molar-refractivity contribution in [1.29, 1.82) is 0 Å². The lowest BCUT2D eigenvalue weighted by atomic mass is 9.79. The lowest BCUT2D eigenvalue weighted by Gasteiger charge is -2.37. The van der Waals surface area contributed by atoms with Crippen LogP contribution in [0.5, 0.6) is 0 Å². The Morgan fingerprint density at radius 2 is 2.33 bits per heavy atom. The van der Waals surface area contributed by atoms with Gasteiger partial charge in [0.2, 0.25) is 0 Å². The lowest BCUT2D eigenvalue weighted by Crippen LogP contribution is -2.43. The van der Waals surface area contributed by atoms with Gasteiger partial charge >= 0.3 is 0 Å². The first-order valence-electron chi connectivity index (χ1n) is 6.87. The fraction of sp³-hybridized carbons (Fsp3) is 0.846. The summed E-state index contributed by atoms with van der Waals surface area (Å²) in [5.74, 6) is 1.66. The van der Waals surface area contributed by atoms with E-state index in [1.54, 1.807) is 11.3 Å². The fourth-order valence-corrected chi connectivity index (χ4v) is 4.83. The molecule has 102 valence electrons. The molecule has 0 aromatic carbocycles. The number of thioether (sulfide) groups is 1. The molecule has 18 heavy (non-hydrogen) atoms. The van der Waals surface area contributed by atoms with Gasteiger partial charge in [-0.2, -0.15) is 0 Å². The van der Waals surface area contributed by atoms with Crippen LogP contribution < -0.4 is 5.32 Å². The largest absolute Gasteiger partial charge is 0.313 e. The summed E-state index contributed by atoms with van der Waals surface area (Å²) in [6.07, 6.45) is 3.97. The van der Waals surface area contributed by atoms with E-state index in [1.165, 1.54) is 19.3 Å². The highest BCUT2D eigenvalue weighted by Crippen LogP contribution is 2.39. The molecule has 1 aliphatic rings. The molecule has 0 aliphatic heterocycles. The van der Waals surface area contributed by atoms with E-state index in [4.69, 9.17) is 0 Å². The standard InChI is InChI=1S/C13H23N3S2/c1-4-14-11-6-5-10(9(2)3)7-12(11)18-13-16-15-8-17-13/h8-12,14H,4-7H2,1-3H3. The molecule has 0 spiro atoms. The number of nitrogens with one attached hydrogen (secondary N) is 1. The average molecular weight is 285 g/mol. The predicted molar refractivity (Wildman–Crippen MR) is 79.2 cm³/mol. The van der Waals surface area contributed by atoms with Crippen molar-refractivity contribution in [2.24, 2.45) is 11.8 Å². The Morgan fingerprint density at radius 3 is 2.94 bits per heavy atom. The van der Waals surface area contributed by atoms with Crippen LogP contribution >= 0.6 is 23.1 Å². The van der Waals surface area contributed by atoms with Crippen LogP contribution in [0.25, 0.3) is 0 Å². The minimum atomic E-state index is 0.638. The summed E-state index contributed by atoms with van der Waals surface area (Å²) in [4.78, 5) is 0. The fourth-order valence-electron chi connectivity index (χ4n) is 2.74. The second-order valence-electron chi connectivity index (χ2n) is 5.34. The topological polar surface area (TPSA) is 37.8 Å². The van der Waals surface area contributed by atoms with Gasteiger partial charge in [-0.3, -0.25) is 0 Å². The number of hydrogen-bond donors (Lipinski definition) is 1. The normalized spacial score (nSPS) is 28.8. The van der Waals surface area contributed by atoms with Crippen LogP contribution in [-0.4, -0.2) is 28.0 Å². The van der Waals surface area contributed by atoms with Crippen molar-refractivity contribution >= 4 is 23.1 Å². The maximum Gasteiger partial charge on any atom is 0.174 e. The second kappa shape index (κ2) is 6.87. The van der Waals surface area contributed by atoms with Crippen LogP contribution in [-0.2, 0) is 0 Å². The quantitative estimate of drug-likeness (QED) is 0.899. The maximum atomic E-state index is 4.18. The Hall–Kier alpha value is -0.130. The summed E-state index contributed by atoms with van der Waals surface area (Å²) >= 11 is 3.58. The van der Waals surface area contributed by atoms with E-state index in [9.17, 15) is 0 Å². The van der Waals surface area contributed by atoms with Gasteiger partial charge in [0, 0.05) is 11.3 Å². The number of rotatable bonds is 5. The van der Waals surface area contributed by atoms with Gasteiger partial charge in [-0.1, -0.05) is 43.9 Å². The first-order valence-corrected chi connectivity index (χ1v) is 8.62. The molecule has 2 rings (SSSR count). The van der Waals surface area contributed by atoms with Gasteiger partial charge in [0.15, 0.2) is 4.34 Å². The molecule has 0 saturated heterocycles. The molecule has 3 nitrogen and oxygen atoms in total. The number of aromatic nitrogens is 2. The van der Waals surface area contributed by atoms with Crippen molar-refractivity contribution in [3.8, 4) is 0 Å². The molecule has 1 aromatic heterocycles. The van der Waals surface area contributed by atoms with Gasteiger partial charge in [0.25, 0.3) is 0 Å². The molecule has 3 atom stereocenters. The van der Waals surface area contributed by atoms with Crippen molar-refractivity contribution < 1.29 is 0 Å². The van der Waals surface area contributed by atoms with Gasteiger partial charge in [-0.05, 0) is 37.6 Å². The summed E-state index contributed by atoms with van der Waals surface area (Å²) in [7, 11) is 0. The van der Waals surface area contributed by atoms with Crippen molar-refractivity contribution in [1.82, 2.24) is 15.5 Å². The third-order valence-corrected chi connectivity index (χ3v) is 6.00. The molecule has 1 aliphatic carbocycles. The molecule has 3 unspecified atom stereocenters. The van der Waals surface area contributed by atoms with Crippen molar-refractivity contribution in [2.75, 3.05) is 6.54 Å². The Morgan fingerprint density at radius 1 is 1.50 bits per heavy atom. The van der Waals surface area contributed by atoms with E-state index < -0.39 is 0 Å². The zero-order valence-corrected chi connectivity index (χ0v) is 13.1. The Bertz CT molecular complexity index is 340. The van der Waals surface area contributed by atoms with Crippen LogP contribution in [0.1, 0.15) is 40.0 Å². The lowest BCUT2D eigenvalue weighted by molar-refractivity contribution is 0.247. The zero-order chi connectivity index (χ0) is 13.0. The SMILES string of the molecule is CCNC1CCC(C(C)C)CC1Sc1nncs1. The van der Waals surface area contributed by atoms with Crippen LogP contribution in [0.4, 0.5) is 0 Å².